The maximum absolute atomic E-state index is 14.0. The molecular formula is C31H24Br2N2O6. The molecule has 1 saturated carbocycles. The summed E-state index contributed by atoms with van der Waals surface area (Å²) in [6.45, 7) is -0.305. The summed E-state index contributed by atoms with van der Waals surface area (Å²) in [7, 11) is 0. The van der Waals surface area contributed by atoms with Gasteiger partial charge in [0.2, 0.25) is 23.6 Å². The van der Waals surface area contributed by atoms with Gasteiger partial charge in [-0.1, -0.05) is 43.5 Å². The number of anilines is 2. The van der Waals surface area contributed by atoms with Gasteiger partial charge in [-0.25, -0.2) is 0 Å². The van der Waals surface area contributed by atoms with Gasteiger partial charge >= 0.3 is 0 Å². The molecule has 41 heavy (non-hydrogen) atoms. The molecule has 1 N–H and O–H groups in total. The Morgan fingerprint density at radius 2 is 1.27 bits per heavy atom. The van der Waals surface area contributed by atoms with Crippen molar-refractivity contribution >= 4 is 66.9 Å². The largest absolute Gasteiger partial charge is 0.463 e. The van der Waals surface area contributed by atoms with Crippen LogP contribution in [-0.4, -0.2) is 28.7 Å². The second-order valence-electron chi connectivity index (χ2n) is 11.0. The van der Waals surface area contributed by atoms with Crippen LogP contribution in [0.3, 0.4) is 0 Å². The van der Waals surface area contributed by atoms with E-state index in [9.17, 15) is 24.3 Å². The van der Waals surface area contributed by atoms with Crippen LogP contribution in [0.4, 0.5) is 11.4 Å². The Morgan fingerprint density at radius 1 is 0.707 bits per heavy atom. The van der Waals surface area contributed by atoms with E-state index in [-0.39, 0.29) is 36.7 Å². The number of fused-ring (bicyclic) bond motifs is 4. The van der Waals surface area contributed by atoms with Crippen molar-refractivity contribution in [3.63, 3.8) is 0 Å². The Bertz CT molecular complexity index is 1630. The highest BCUT2D eigenvalue weighted by molar-refractivity contribution is 9.10. The molecule has 208 valence electrons. The molecule has 3 fully saturated rings. The molecule has 4 amide bonds. The van der Waals surface area contributed by atoms with Gasteiger partial charge in [0.1, 0.15) is 18.1 Å². The zero-order valence-electron chi connectivity index (χ0n) is 21.6. The number of halogens is 2. The molecule has 3 heterocycles. The zero-order valence-corrected chi connectivity index (χ0v) is 24.7. The Morgan fingerprint density at radius 3 is 1.83 bits per heavy atom. The second kappa shape index (κ2) is 9.89. The number of imide groups is 2. The first-order valence-corrected chi connectivity index (χ1v) is 15.0. The van der Waals surface area contributed by atoms with Crippen LogP contribution < -0.4 is 9.80 Å². The number of allylic oxidation sites excluding steroid dienone is 2. The number of carbonyl (C=O) groups excluding carboxylic acids is 4. The SMILES string of the molecule is O=C1C2CC=C3C(CC4C(=O)N(c5ccc(Br)cc5)C(=O)C4C3c3ccc(CO)o3)C2C(=O)N1c1ccc(Br)cc1. The molecule has 0 bridgehead atoms. The first-order valence-electron chi connectivity index (χ1n) is 13.4. The van der Waals surface area contributed by atoms with E-state index in [0.717, 1.165) is 14.5 Å². The van der Waals surface area contributed by atoms with Gasteiger partial charge in [0.25, 0.3) is 0 Å². The maximum atomic E-state index is 14.0. The third-order valence-corrected chi connectivity index (χ3v) is 10.0. The van der Waals surface area contributed by atoms with Crippen LogP contribution in [0.15, 0.2) is 85.7 Å². The summed E-state index contributed by atoms with van der Waals surface area (Å²) in [5.41, 5.74) is 1.84. The first-order chi connectivity index (χ1) is 19.8. The number of aliphatic hydroxyl groups is 1. The third kappa shape index (κ3) is 4.02. The number of furan rings is 1. The third-order valence-electron chi connectivity index (χ3n) is 8.96. The van der Waals surface area contributed by atoms with Crippen molar-refractivity contribution in [1.82, 2.24) is 0 Å². The second-order valence-corrected chi connectivity index (χ2v) is 12.8. The minimum Gasteiger partial charge on any atom is -0.463 e. The topological polar surface area (TPSA) is 108 Å². The van der Waals surface area contributed by atoms with E-state index in [1.165, 1.54) is 9.80 Å². The lowest BCUT2D eigenvalue weighted by Gasteiger charge is -2.43. The molecule has 6 unspecified atom stereocenters. The molecule has 0 radical (unpaired) electrons. The summed E-state index contributed by atoms with van der Waals surface area (Å²) in [5.74, 6) is -3.96. The standard InChI is InChI=1S/C31H24Br2N2O6/c32-15-1-5-17(6-2-15)34-28(37)21-11-10-20-22(25(21)30(34)39)13-23-27(26(20)24-12-9-19(14-36)41-24)31(40)35(29(23)38)18-7-3-16(33)4-8-18/h1-10,12,21-23,25-27,36H,11,13-14H2. The zero-order chi connectivity index (χ0) is 28.6. The molecule has 2 saturated heterocycles. The average Bonchev–Trinajstić information content (AvgIpc) is 3.62. The van der Waals surface area contributed by atoms with Crippen LogP contribution in [0.1, 0.15) is 30.3 Å². The molecule has 3 aromatic rings. The van der Waals surface area contributed by atoms with E-state index < -0.39 is 35.5 Å². The molecule has 6 atom stereocenters. The van der Waals surface area contributed by atoms with Gasteiger partial charge in [-0.15, -0.1) is 0 Å². The Labute approximate surface area is 252 Å². The number of benzene rings is 2. The number of carbonyl (C=O) groups is 4. The summed E-state index contributed by atoms with van der Waals surface area (Å²) < 4.78 is 7.65. The minimum atomic E-state index is -0.724. The van der Waals surface area contributed by atoms with Gasteiger partial charge < -0.3 is 9.52 Å². The molecule has 10 heteroatoms. The van der Waals surface area contributed by atoms with Crippen molar-refractivity contribution in [3.8, 4) is 0 Å². The number of nitrogens with zero attached hydrogens (tertiary/aromatic N) is 2. The van der Waals surface area contributed by atoms with Crippen molar-refractivity contribution in [3.05, 3.63) is 92.8 Å². The van der Waals surface area contributed by atoms with Crippen molar-refractivity contribution in [2.24, 2.45) is 29.6 Å². The lowest BCUT2D eigenvalue weighted by atomic mass is 9.58. The predicted molar refractivity (Wildman–Crippen MR) is 155 cm³/mol. The van der Waals surface area contributed by atoms with Crippen LogP contribution in [0.25, 0.3) is 0 Å². The molecule has 7 rings (SSSR count). The van der Waals surface area contributed by atoms with E-state index in [4.69, 9.17) is 4.42 Å². The van der Waals surface area contributed by atoms with Crippen molar-refractivity contribution < 1.29 is 28.7 Å². The summed E-state index contributed by atoms with van der Waals surface area (Å²) in [5, 5.41) is 9.69. The molecule has 2 aliphatic heterocycles. The fourth-order valence-electron chi connectivity index (χ4n) is 7.24. The van der Waals surface area contributed by atoms with Crippen molar-refractivity contribution in [2.75, 3.05) is 9.80 Å². The minimum absolute atomic E-state index is 0.248. The molecule has 4 aliphatic rings. The van der Waals surface area contributed by atoms with E-state index in [1.54, 1.807) is 60.7 Å². The highest BCUT2D eigenvalue weighted by Gasteiger charge is 2.62. The van der Waals surface area contributed by atoms with Gasteiger partial charge in [0.15, 0.2) is 0 Å². The van der Waals surface area contributed by atoms with Crippen molar-refractivity contribution in [2.45, 2.75) is 25.4 Å². The van der Waals surface area contributed by atoms with Gasteiger partial charge in [-0.2, -0.15) is 0 Å². The molecule has 1 aromatic heterocycles. The molecule has 2 aliphatic carbocycles. The Balaban J connectivity index is 1.32. The molecule has 2 aromatic carbocycles. The monoisotopic (exact) mass is 678 g/mol. The quantitative estimate of drug-likeness (QED) is 0.295. The first kappa shape index (κ1) is 26.6. The number of rotatable bonds is 4. The van der Waals surface area contributed by atoms with Crippen LogP contribution >= 0.6 is 31.9 Å². The number of amides is 4. The number of hydrogen-bond donors (Lipinski definition) is 1. The van der Waals surface area contributed by atoms with Crippen LogP contribution in [-0.2, 0) is 25.8 Å². The maximum Gasteiger partial charge on any atom is 0.238 e. The van der Waals surface area contributed by atoms with Gasteiger partial charge in [-0.3, -0.25) is 29.0 Å². The summed E-state index contributed by atoms with van der Waals surface area (Å²) >= 11 is 6.80. The normalized spacial score (nSPS) is 29.0. The van der Waals surface area contributed by atoms with Crippen LogP contribution in [0.5, 0.6) is 0 Å². The van der Waals surface area contributed by atoms with Crippen LogP contribution in [0.2, 0.25) is 0 Å². The van der Waals surface area contributed by atoms with Crippen LogP contribution in [0, 0.1) is 29.6 Å². The van der Waals surface area contributed by atoms with Crippen molar-refractivity contribution in [1.29, 1.82) is 0 Å². The lowest BCUT2D eigenvalue weighted by Crippen LogP contribution is -2.43. The summed E-state index contributed by atoms with van der Waals surface area (Å²) in [4.78, 5) is 58.1. The fraction of sp³-hybridized carbons (Fsp3) is 0.290. The summed E-state index contributed by atoms with van der Waals surface area (Å²) in [6.07, 6.45) is 2.62. The lowest BCUT2D eigenvalue weighted by molar-refractivity contribution is -0.126. The molecule has 8 nitrogen and oxygen atoms in total. The average molecular weight is 680 g/mol. The van der Waals surface area contributed by atoms with Gasteiger partial charge in [-0.05, 0) is 79.4 Å². The van der Waals surface area contributed by atoms with E-state index >= 15 is 0 Å². The predicted octanol–water partition coefficient (Wildman–Crippen LogP) is 5.34. The van der Waals surface area contributed by atoms with Gasteiger partial charge in [0, 0.05) is 8.95 Å². The fourth-order valence-corrected chi connectivity index (χ4v) is 7.77. The van der Waals surface area contributed by atoms with E-state index in [0.29, 0.717) is 29.3 Å². The molecular weight excluding hydrogens is 656 g/mol. The Hall–Kier alpha value is -3.34. The Kier molecular flexibility index (Phi) is 6.40. The van der Waals surface area contributed by atoms with Gasteiger partial charge in [0.05, 0.1) is 41.0 Å². The number of hydrogen-bond acceptors (Lipinski definition) is 6. The van der Waals surface area contributed by atoms with E-state index in [2.05, 4.69) is 31.9 Å². The number of aliphatic hydroxyl groups excluding tert-OH is 1. The van der Waals surface area contributed by atoms with E-state index in [1.807, 2.05) is 6.08 Å². The molecule has 0 spiro atoms. The highest BCUT2D eigenvalue weighted by atomic mass is 79.9. The smallest absolute Gasteiger partial charge is 0.238 e. The summed E-state index contributed by atoms with van der Waals surface area (Å²) in [6, 6.07) is 17.5. The highest BCUT2D eigenvalue weighted by Crippen LogP contribution is 2.58.